The van der Waals surface area contributed by atoms with Gasteiger partial charge in [0.05, 0.1) is 31.4 Å². The molecule has 0 saturated heterocycles. The van der Waals surface area contributed by atoms with Gasteiger partial charge in [0.25, 0.3) is 0 Å². The van der Waals surface area contributed by atoms with Crippen LogP contribution in [-0.2, 0) is 25.9 Å². The number of rotatable bonds is 5. The number of furan rings is 1. The number of aromatic nitrogens is 2. The van der Waals surface area contributed by atoms with E-state index < -0.39 is 0 Å². The van der Waals surface area contributed by atoms with Crippen molar-refractivity contribution in [2.24, 2.45) is 0 Å². The van der Waals surface area contributed by atoms with E-state index >= 15 is 0 Å². The Morgan fingerprint density at radius 2 is 2.26 bits per heavy atom. The Hall–Kier alpha value is -1.55. The highest BCUT2D eigenvalue weighted by Crippen LogP contribution is 2.21. The molecule has 4 nitrogen and oxygen atoms in total. The molecule has 0 unspecified atom stereocenters. The zero-order chi connectivity index (χ0) is 13.1. The van der Waals surface area contributed by atoms with Crippen molar-refractivity contribution < 1.29 is 4.42 Å². The summed E-state index contributed by atoms with van der Waals surface area (Å²) < 4.78 is 7.85. The number of fused-ring (bicyclic) bond motifs is 1. The van der Waals surface area contributed by atoms with Gasteiger partial charge in [0.15, 0.2) is 0 Å². The van der Waals surface area contributed by atoms with Gasteiger partial charge in [-0.15, -0.1) is 0 Å². The number of nitrogens with one attached hydrogen (secondary N) is 1. The second-order valence-electron chi connectivity index (χ2n) is 5.12. The summed E-state index contributed by atoms with van der Waals surface area (Å²) in [5.74, 6) is 1.04. The SMILES string of the molecule is CCNCc1occc1Cn1cnc2c1CCCC2. The molecule has 0 fully saturated rings. The van der Waals surface area contributed by atoms with E-state index in [2.05, 4.69) is 27.9 Å². The highest BCUT2D eigenvalue weighted by Gasteiger charge is 2.16. The summed E-state index contributed by atoms with van der Waals surface area (Å²) in [5, 5.41) is 3.31. The van der Waals surface area contributed by atoms with E-state index in [1.54, 1.807) is 6.26 Å². The van der Waals surface area contributed by atoms with Crippen LogP contribution in [-0.4, -0.2) is 16.1 Å². The molecule has 0 amide bonds. The van der Waals surface area contributed by atoms with Gasteiger partial charge in [-0.2, -0.15) is 0 Å². The molecule has 0 spiro atoms. The molecule has 0 bridgehead atoms. The lowest BCUT2D eigenvalue weighted by Crippen LogP contribution is -2.14. The third-order valence-corrected chi connectivity index (χ3v) is 3.82. The fourth-order valence-corrected chi connectivity index (χ4v) is 2.75. The molecule has 4 heteroatoms. The van der Waals surface area contributed by atoms with Crippen molar-refractivity contribution in [1.29, 1.82) is 0 Å². The third kappa shape index (κ3) is 2.59. The van der Waals surface area contributed by atoms with Gasteiger partial charge >= 0.3 is 0 Å². The lowest BCUT2D eigenvalue weighted by Gasteiger charge is -2.14. The van der Waals surface area contributed by atoms with Crippen LogP contribution in [0.15, 0.2) is 23.1 Å². The Balaban J connectivity index is 1.78. The number of aryl methyl sites for hydroxylation is 1. The van der Waals surface area contributed by atoms with Crippen LogP contribution in [0.1, 0.15) is 42.5 Å². The van der Waals surface area contributed by atoms with Crippen LogP contribution in [0.4, 0.5) is 0 Å². The Morgan fingerprint density at radius 3 is 3.16 bits per heavy atom. The number of nitrogens with zero attached hydrogens (tertiary/aromatic N) is 2. The number of imidazole rings is 1. The summed E-state index contributed by atoms with van der Waals surface area (Å²) in [7, 11) is 0. The molecule has 0 saturated carbocycles. The van der Waals surface area contributed by atoms with Gasteiger partial charge < -0.3 is 14.3 Å². The molecule has 0 atom stereocenters. The highest BCUT2D eigenvalue weighted by atomic mass is 16.3. The van der Waals surface area contributed by atoms with Crippen LogP contribution in [0, 0.1) is 0 Å². The Morgan fingerprint density at radius 1 is 1.37 bits per heavy atom. The van der Waals surface area contributed by atoms with Gasteiger partial charge in [0, 0.05) is 11.3 Å². The summed E-state index contributed by atoms with van der Waals surface area (Å²) in [5.41, 5.74) is 3.97. The molecule has 19 heavy (non-hydrogen) atoms. The van der Waals surface area contributed by atoms with Crippen LogP contribution in [0.2, 0.25) is 0 Å². The average molecular weight is 259 g/mol. The van der Waals surface area contributed by atoms with E-state index in [-0.39, 0.29) is 0 Å². The minimum Gasteiger partial charge on any atom is -0.468 e. The van der Waals surface area contributed by atoms with E-state index in [1.165, 1.54) is 29.8 Å². The predicted octanol–water partition coefficient (Wildman–Crippen LogP) is 2.51. The quantitative estimate of drug-likeness (QED) is 0.897. The fourth-order valence-electron chi connectivity index (χ4n) is 2.75. The summed E-state index contributed by atoms with van der Waals surface area (Å²) >= 11 is 0. The monoisotopic (exact) mass is 259 g/mol. The van der Waals surface area contributed by atoms with Crippen molar-refractivity contribution in [3.8, 4) is 0 Å². The topological polar surface area (TPSA) is 43.0 Å². The lowest BCUT2D eigenvalue weighted by atomic mass is 10.0. The van der Waals surface area contributed by atoms with Crippen molar-refractivity contribution in [2.75, 3.05) is 6.54 Å². The lowest BCUT2D eigenvalue weighted by molar-refractivity contribution is 0.480. The Labute approximate surface area is 113 Å². The summed E-state index contributed by atoms with van der Waals surface area (Å²) in [4.78, 5) is 4.55. The molecule has 2 aromatic rings. The molecule has 1 N–H and O–H groups in total. The highest BCUT2D eigenvalue weighted by molar-refractivity contribution is 5.22. The standard InChI is InChI=1S/C15H21N3O/c1-2-16-9-15-12(7-8-19-15)10-18-11-17-13-5-3-4-6-14(13)18/h7-8,11,16H,2-6,9-10H2,1H3. The van der Waals surface area contributed by atoms with E-state index in [0.717, 1.165) is 38.2 Å². The Kier molecular flexibility index (Phi) is 3.69. The molecule has 1 aliphatic carbocycles. The minimum absolute atomic E-state index is 0.801. The first-order chi connectivity index (χ1) is 9.38. The first-order valence-electron chi connectivity index (χ1n) is 7.17. The molecule has 0 radical (unpaired) electrons. The van der Waals surface area contributed by atoms with E-state index in [0.29, 0.717) is 0 Å². The summed E-state index contributed by atoms with van der Waals surface area (Å²) in [6.07, 6.45) is 8.63. The third-order valence-electron chi connectivity index (χ3n) is 3.82. The molecule has 1 aliphatic rings. The smallest absolute Gasteiger partial charge is 0.122 e. The van der Waals surface area contributed by atoms with Crippen molar-refractivity contribution in [3.05, 3.63) is 41.4 Å². The van der Waals surface area contributed by atoms with Gasteiger partial charge in [0.1, 0.15) is 5.76 Å². The van der Waals surface area contributed by atoms with Crippen LogP contribution < -0.4 is 5.32 Å². The molecule has 3 rings (SSSR count). The largest absolute Gasteiger partial charge is 0.468 e. The van der Waals surface area contributed by atoms with Gasteiger partial charge in [-0.3, -0.25) is 0 Å². The van der Waals surface area contributed by atoms with Crippen molar-refractivity contribution in [3.63, 3.8) is 0 Å². The van der Waals surface area contributed by atoms with Crippen molar-refractivity contribution in [2.45, 2.75) is 45.7 Å². The molecule has 0 aliphatic heterocycles. The van der Waals surface area contributed by atoms with E-state index in [4.69, 9.17) is 4.42 Å². The van der Waals surface area contributed by atoms with Crippen LogP contribution in [0.5, 0.6) is 0 Å². The second kappa shape index (κ2) is 5.61. The maximum Gasteiger partial charge on any atom is 0.122 e. The number of hydrogen-bond acceptors (Lipinski definition) is 3. The van der Waals surface area contributed by atoms with Crippen LogP contribution in [0.3, 0.4) is 0 Å². The van der Waals surface area contributed by atoms with E-state index in [1.807, 2.05) is 6.33 Å². The maximum absolute atomic E-state index is 5.56. The number of hydrogen-bond donors (Lipinski definition) is 1. The zero-order valence-corrected chi connectivity index (χ0v) is 11.5. The minimum atomic E-state index is 0.801. The maximum atomic E-state index is 5.56. The first-order valence-corrected chi connectivity index (χ1v) is 7.17. The molecule has 2 aromatic heterocycles. The van der Waals surface area contributed by atoms with Crippen LogP contribution in [0.25, 0.3) is 0 Å². The Bertz CT molecular complexity index is 541. The second-order valence-corrected chi connectivity index (χ2v) is 5.12. The molecule has 102 valence electrons. The van der Waals surface area contributed by atoms with E-state index in [9.17, 15) is 0 Å². The fraction of sp³-hybridized carbons (Fsp3) is 0.533. The molecule has 0 aromatic carbocycles. The molecule has 2 heterocycles. The van der Waals surface area contributed by atoms with Crippen LogP contribution >= 0.6 is 0 Å². The van der Waals surface area contributed by atoms with Gasteiger partial charge in [-0.05, 0) is 38.3 Å². The zero-order valence-electron chi connectivity index (χ0n) is 11.5. The van der Waals surface area contributed by atoms with Crippen molar-refractivity contribution in [1.82, 2.24) is 14.9 Å². The molecular weight excluding hydrogens is 238 g/mol. The first kappa shape index (κ1) is 12.5. The van der Waals surface area contributed by atoms with Gasteiger partial charge in [-0.25, -0.2) is 4.98 Å². The van der Waals surface area contributed by atoms with Gasteiger partial charge in [-0.1, -0.05) is 6.92 Å². The normalized spacial score (nSPS) is 14.6. The van der Waals surface area contributed by atoms with Crippen molar-refractivity contribution >= 4 is 0 Å². The molecular formula is C15H21N3O. The predicted molar refractivity (Wildman–Crippen MR) is 74.1 cm³/mol. The van der Waals surface area contributed by atoms with Gasteiger partial charge in [0.2, 0.25) is 0 Å². The summed E-state index contributed by atoms with van der Waals surface area (Å²) in [6.45, 7) is 4.74. The average Bonchev–Trinajstić information content (AvgIpc) is 3.05. The summed E-state index contributed by atoms with van der Waals surface area (Å²) in [6, 6.07) is 2.07.